The molecule has 0 amide bonds. The van der Waals surface area contributed by atoms with Crippen LogP contribution in [0.2, 0.25) is 5.15 Å². The Morgan fingerprint density at radius 2 is 1.96 bits per heavy atom. The fourth-order valence-electron chi connectivity index (χ4n) is 2.59. The summed E-state index contributed by atoms with van der Waals surface area (Å²) < 4.78 is 29.9. The lowest BCUT2D eigenvalue weighted by Gasteiger charge is -2.11. The monoisotopic (exact) mass is 336 g/mol. The van der Waals surface area contributed by atoms with Gasteiger partial charge in [-0.15, -0.1) is 0 Å². The molecular formula is C16H15ClF2N4. The SMILES string of the molecule is Cc1c(F)cc2c(cc(C)n2CCNc2cc(Cl)ncn2)c1F. The molecule has 0 aliphatic rings. The topological polar surface area (TPSA) is 42.7 Å². The second-order valence-corrected chi connectivity index (χ2v) is 5.71. The van der Waals surface area contributed by atoms with Gasteiger partial charge in [0.1, 0.15) is 28.9 Å². The smallest absolute Gasteiger partial charge is 0.138 e. The van der Waals surface area contributed by atoms with Crippen LogP contribution in [0.15, 0.2) is 24.5 Å². The van der Waals surface area contributed by atoms with Crippen molar-refractivity contribution in [3.63, 3.8) is 0 Å². The third kappa shape index (κ3) is 2.99. The van der Waals surface area contributed by atoms with Gasteiger partial charge in [0.25, 0.3) is 0 Å². The van der Waals surface area contributed by atoms with E-state index in [4.69, 9.17) is 11.6 Å². The lowest BCUT2D eigenvalue weighted by molar-refractivity contribution is 0.575. The van der Waals surface area contributed by atoms with E-state index in [1.807, 2.05) is 11.5 Å². The number of aromatic nitrogens is 3. The maximum atomic E-state index is 14.2. The summed E-state index contributed by atoms with van der Waals surface area (Å²) in [6, 6.07) is 4.73. The van der Waals surface area contributed by atoms with Crippen molar-refractivity contribution in [2.24, 2.45) is 0 Å². The van der Waals surface area contributed by atoms with Crippen molar-refractivity contribution < 1.29 is 8.78 Å². The quantitative estimate of drug-likeness (QED) is 0.730. The van der Waals surface area contributed by atoms with Gasteiger partial charge in [-0.1, -0.05) is 11.6 Å². The normalized spacial score (nSPS) is 11.2. The lowest BCUT2D eigenvalue weighted by atomic mass is 10.1. The summed E-state index contributed by atoms with van der Waals surface area (Å²) in [6.07, 6.45) is 1.37. The summed E-state index contributed by atoms with van der Waals surface area (Å²) in [7, 11) is 0. The van der Waals surface area contributed by atoms with Crippen LogP contribution in [0.25, 0.3) is 10.9 Å². The Balaban J connectivity index is 1.84. The number of rotatable bonds is 4. The van der Waals surface area contributed by atoms with Crippen LogP contribution in [0.5, 0.6) is 0 Å². The third-order valence-electron chi connectivity index (χ3n) is 3.81. The minimum absolute atomic E-state index is 0.0448. The molecule has 1 aromatic carbocycles. The molecule has 23 heavy (non-hydrogen) atoms. The first kappa shape index (κ1) is 15.7. The van der Waals surface area contributed by atoms with Gasteiger partial charge < -0.3 is 9.88 Å². The van der Waals surface area contributed by atoms with Crippen molar-refractivity contribution >= 4 is 28.3 Å². The number of benzene rings is 1. The molecule has 3 rings (SSSR count). The zero-order valence-corrected chi connectivity index (χ0v) is 13.5. The highest BCUT2D eigenvalue weighted by molar-refractivity contribution is 6.29. The number of hydrogen-bond donors (Lipinski definition) is 1. The molecule has 0 radical (unpaired) electrons. The molecular weight excluding hydrogens is 322 g/mol. The number of hydrogen-bond acceptors (Lipinski definition) is 3. The number of aryl methyl sites for hydroxylation is 1. The fraction of sp³-hybridized carbons (Fsp3) is 0.250. The molecule has 120 valence electrons. The fourth-order valence-corrected chi connectivity index (χ4v) is 2.73. The van der Waals surface area contributed by atoms with E-state index in [0.717, 1.165) is 5.69 Å². The minimum Gasteiger partial charge on any atom is -0.368 e. The molecule has 0 aliphatic carbocycles. The predicted octanol–water partition coefficient (Wildman–Crippen LogP) is 4.09. The summed E-state index contributed by atoms with van der Waals surface area (Å²) in [5.41, 5.74) is 1.46. The second kappa shape index (κ2) is 6.12. The molecule has 4 nitrogen and oxygen atoms in total. The summed E-state index contributed by atoms with van der Waals surface area (Å²) in [4.78, 5) is 7.85. The summed E-state index contributed by atoms with van der Waals surface area (Å²) in [6.45, 7) is 4.39. The molecule has 0 spiro atoms. The van der Waals surface area contributed by atoms with E-state index in [9.17, 15) is 8.78 Å². The van der Waals surface area contributed by atoms with Gasteiger partial charge in [0.05, 0.1) is 5.52 Å². The highest BCUT2D eigenvalue weighted by Gasteiger charge is 2.15. The van der Waals surface area contributed by atoms with Crippen LogP contribution in [-0.4, -0.2) is 21.1 Å². The first-order chi connectivity index (χ1) is 11.0. The van der Waals surface area contributed by atoms with E-state index in [1.165, 1.54) is 19.3 Å². The van der Waals surface area contributed by atoms with E-state index in [1.54, 1.807) is 12.1 Å². The van der Waals surface area contributed by atoms with Crippen molar-refractivity contribution in [2.45, 2.75) is 20.4 Å². The van der Waals surface area contributed by atoms with Gasteiger partial charge in [-0.3, -0.25) is 0 Å². The van der Waals surface area contributed by atoms with Crippen LogP contribution in [0, 0.1) is 25.5 Å². The van der Waals surface area contributed by atoms with E-state index in [-0.39, 0.29) is 5.56 Å². The Bertz CT molecular complexity index is 876. The Kier molecular flexibility index (Phi) is 4.17. The molecule has 2 aromatic heterocycles. The summed E-state index contributed by atoms with van der Waals surface area (Å²) >= 11 is 5.80. The number of anilines is 1. The molecule has 3 aromatic rings. The lowest BCUT2D eigenvalue weighted by Crippen LogP contribution is -2.12. The average Bonchev–Trinajstić information content (AvgIpc) is 2.82. The van der Waals surface area contributed by atoms with Gasteiger partial charge in [-0.2, -0.15) is 0 Å². The molecule has 2 heterocycles. The summed E-state index contributed by atoms with van der Waals surface area (Å²) in [5.74, 6) is -0.436. The Morgan fingerprint density at radius 1 is 1.17 bits per heavy atom. The predicted molar refractivity (Wildman–Crippen MR) is 86.9 cm³/mol. The highest BCUT2D eigenvalue weighted by Crippen LogP contribution is 2.26. The van der Waals surface area contributed by atoms with E-state index >= 15 is 0 Å². The van der Waals surface area contributed by atoms with Crippen molar-refractivity contribution in [3.8, 4) is 0 Å². The standard InChI is InChI=1S/C16H15ClF2N4/c1-9-5-11-13(6-12(18)10(2)16(11)19)23(9)4-3-20-15-7-14(17)21-8-22-15/h5-8H,3-4H2,1-2H3,(H,20,21,22). The largest absolute Gasteiger partial charge is 0.368 e. The van der Waals surface area contributed by atoms with Crippen LogP contribution < -0.4 is 5.32 Å². The first-order valence-electron chi connectivity index (χ1n) is 7.13. The maximum Gasteiger partial charge on any atom is 0.138 e. The Labute approximate surface area is 137 Å². The van der Waals surface area contributed by atoms with Gasteiger partial charge in [0.15, 0.2) is 0 Å². The van der Waals surface area contributed by atoms with E-state index in [0.29, 0.717) is 35.0 Å². The molecule has 0 bridgehead atoms. The molecule has 0 atom stereocenters. The zero-order valence-electron chi connectivity index (χ0n) is 12.7. The highest BCUT2D eigenvalue weighted by atomic mass is 35.5. The van der Waals surface area contributed by atoms with Gasteiger partial charge in [0.2, 0.25) is 0 Å². The van der Waals surface area contributed by atoms with Crippen LogP contribution in [0.3, 0.4) is 0 Å². The Hall–Kier alpha value is -2.21. The molecule has 0 unspecified atom stereocenters. The first-order valence-corrected chi connectivity index (χ1v) is 7.51. The number of nitrogens with zero attached hydrogens (tertiary/aromatic N) is 3. The second-order valence-electron chi connectivity index (χ2n) is 5.32. The minimum atomic E-state index is -0.537. The molecule has 0 saturated heterocycles. The van der Waals surface area contributed by atoms with Crippen LogP contribution in [0.1, 0.15) is 11.3 Å². The van der Waals surface area contributed by atoms with Crippen LogP contribution in [-0.2, 0) is 6.54 Å². The Morgan fingerprint density at radius 3 is 2.70 bits per heavy atom. The maximum absolute atomic E-state index is 14.2. The van der Waals surface area contributed by atoms with Gasteiger partial charge in [0, 0.05) is 35.8 Å². The summed E-state index contributed by atoms with van der Waals surface area (Å²) in [5, 5.41) is 3.90. The van der Waals surface area contributed by atoms with E-state index < -0.39 is 11.6 Å². The molecule has 1 N–H and O–H groups in total. The number of nitrogens with one attached hydrogen (secondary N) is 1. The van der Waals surface area contributed by atoms with Crippen molar-refractivity contribution in [1.82, 2.24) is 14.5 Å². The van der Waals surface area contributed by atoms with Gasteiger partial charge >= 0.3 is 0 Å². The van der Waals surface area contributed by atoms with Crippen LogP contribution >= 0.6 is 11.6 Å². The van der Waals surface area contributed by atoms with E-state index in [2.05, 4.69) is 15.3 Å². The van der Waals surface area contributed by atoms with Crippen molar-refractivity contribution in [3.05, 3.63) is 52.6 Å². The molecule has 0 aliphatic heterocycles. The van der Waals surface area contributed by atoms with Gasteiger partial charge in [-0.05, 0) is 26.0 Å². The van der Waals surface area contributed by atoms with Gasteiger partial charge in [-0.25, -0.2) is 18.7 Å². The zero-order chi connectivity index (χ0) is 16.6. The van der Waals surface area contributed by atoms with Crippen molar-refractivity contribution in [1.29, 1.82) is 0 Å². The van der Waals surface area contributed by atoms with Crippen molar-refractivity contribution in [2.75, 3.05) is 11.9 Å². The molecule has 7 heteroatoms. The van der Waals surface area contributed by atoms with Crippen LogP contribution in [0.4, 0.5) is 14.6 Å². The average molecular weight is 337 g/mol. The third-order valence-corrected chi connectivity index (χ3v) is 4.02. The number of fused-ring (bicyclic) bond motifs is 1. The molecule has 0 saturated carbocycles. The molecule has 0 fully saturated rings. The number of halogens is 3.